The van der Waals surface area contributed by atoms with Gasteiger partial charge in [-0.15, -0.1) is 6.58 Å². The summed E-state index contributed by atoms with van der Waals surface area (Å²) in [5.74, 6) is -1.24. The topological polar surface area (TPSA) is 23.5 Å². The van der Waals surface area contributed by atoms with E-state index in [0.717, 1.165) is 4.90 Å². The number of rotatable bonds is 5. The predicted molar refractivity (Wildman–Crippen MR) is 75.3 cm³/mol. The molecule has 0 aromatic heterocycles. The lowest BCUT2D eigenvalue weighted by molar-refractivity contribution is -0.143. The van der Waals surface area contributed by atoms with Crippen LogP contribution in [0.5, 0.6) is 5.75 Å². The molecule has 8 heteroatoms. The molecule has 0 heterocycles. The van der Waals surface area contributed by atoms with Crippen LogP contribution < -0.4 is 4.90 Å². The van der Waals surface area contributed by atoms with Crippen molar-refractivity contribution < 1.29 is 31.4 Å². The number of benzene rings is 1. The smallest absolute Gasteiger partial charge is 0.420 e. The molecule has 0 saturated carbocycles. The van der Waals surface area contributed by atoms with Gasteiger partial charge in [0.1, 0.15) is 0 Å². The SMILES string of the molecule is C=CCN(C/C=C/C)c1cc(C(F)(F)F)cc(C(F)(F)F)c1O. The number of hydrogen-bond donors (Lipinski definition) is 1. The van der Waals surface area contributed by atoms with E-state index in [1.165, 1.54) is 12.2 Å². The van der Waals surface area contributed by atoms with Crippen LogP contribution in [0.1, 0.15) is 18.1 Å². The molecule has 1 aromatic rings. The van der Waals surface area contributed by atoms with Crippen molar-refractivity contribution in [2.75, 3.05) is 18.0 Å². The molecule has 23 heavy (non-hydrogen) atoms. The summed E-state index contributed by atoms with van der Waals surface area (Å²) in [7, 11) is 0. The van der Waals surface area contributed by atoms with Gasteiger partial charge >= 0.3 is 12.4 Å². The maximum atomic E-state index is 12.9. The molecule has 0 fully saturated rings. The van der Waals surface area contributed by atoms with Crippen molar-refractivity contribution >= 4 is 5.69 Å². The summed E-state index contributed by atoms with van der Waals surface area (Å²) >= 11 is 0. The average molecular weight is 339 g/mol. The van der Waals surface area contributed by atoms with Crippen LogP contribution >= 0.6 is 0 Å². The van der Waals surface area contributed by atoms with Gasteiger partial charge in [-0.25, -0.2) is 0 Å². The summed E-state index contributed by atoms with van der Waals surface area (Å²) < 4.78 is 77.4. The van der Waals surface area contributed by atoms with E-state index in [-0.39, 0.29) is 19.2 Å². The van der Waals surface area contributed by atoms with Crippen LogP contribution in [0.3, 0.4) is 0 Å². The first-order valence-electron chi connectivity index (χ1n) is 6.50. The summed E-state index contributed by atoms with van der Waals surface area (Å²) in [6.07, 6.45) is -5.64. The van der Waals surface area contributed by atoms with Gasteiger partial charge in [-0.3, -0.25) is 0 Å². The summed E-state index contributed by atoms with van der Waals surface area (Å²) in [6.45, 7) is 5.06. The Labute approximate surface area is 129 Å². The van der Waals surface area contributed by atoms with Gasteiger partial charge < -0.3 is 10.0 Å². The first kappa shape index (κ1) is 18.9. The summed E-state index contributed by atoms with van der Waals surface area (Å²) in [6, 6.07) is 0.401. The van der Waals surface area contributed by atoms with Crippen LogP contribution in [0.15, 0.2) is 36.9 Å². The summed E-state index contributed by atoms with van der Waals surface area (Å²) in [5.41, 5.74) is -3.76. The third kappa shape index (κ3) is 4.67. The van der Waals surface area contributed by atoms with Crippen molar-refractivity contribution in [1.82, 2.24) is 0 Å². The number of anilines is 1. The molecule has 2 nitrogen and oxygen atoms in total. The first-order valence-corrected chi connectivity index (χ1v) is 6.50. The lowest BCUT2D eigenvalue weighted by Crippen LogP contribution is -2.25. The Morgan fingerprint density at radius 3 is 2.13 bits per heavy atom. The van der Waals surface area contributed by atoms with Gasteiger partial charge in [0.2, 0.25) is 0 Å². The number of hydrogen-bond acceptors (Lipinski definition) is 2. The molecule has 0 bridgehead atoms. The fourth-order valence-electron chi connectivity index (χ4n) is 1.90. The number of aromatic hydroxyl groups is 1. The number of phenols is 1. The Balaban J connectivity index is 3.58. The number of nitrogens with zero attached hydrogens (tertiary/aromatic N) is 1. The molecule has 0 amide bonds. The molecule has 0 atom stereocenters. The van der Waals surface area contributed by atoms with Crippen molar-refractivity contribution in [3.8, 4) is 5.75 Å². The second kappa shape index (κ2) is 6.97. The van der Waals surface area contributed by atoms with Crippen LogP contribution in [0.2, 0.25) is 0 Å². The predicted octanol–water partition coefficient (Wildman–Crippen LogP) is 5.00. The lowest BCUT2D eigenvalue weighted by atomic mass is 10.1. The quantitative estimate of drug-likeness (QED) is 0.603. The fourth-order valence-corrected chi connectivity index (χ4v) is 1.90. The highest BCUT2D eigenvalue weighted by molar-refractivity contribution is 5.64. The first-order chi connectivity index (χ1) is 10.5. The molecular weight excluding hydrogens is 324 g/mol. The standard InChI is InChI=1S/C15H15F6NO/c1-3-5-7-22(6-4-2)12-9-10(14(16,17)18)8-11(13(12)23)15(19,20)21/h3-5,8-9,23H,2,6-7H2,1H3/b5-3+. The molecule has 0 aliphatic rings. The van der Waals surface area contributed by atoms with Gasteiger partial charge in [-0.2, -0.15) is 26.3 Å². The van der Waals surface area contributed by atoms with Gasteiger partial charge in [-0.1, -0.05) is 18.2 Å². The van der Waals surface area contributed by atoms with E-state index < -0.39 is 34.9 Å². The monoisotopic (exact) mass is 339 g/mol. The van der Waals surface area contributed by atoms with Crippen molar-refractivity contribution in [3.63, 3.8) is 0 Å². The van der Waals surface area contributed by atoms with E-state index in [9.17, 15) is 31.4 Å². The minimum Gasteiger partial charge on any atom is -0.505 e. The van der Waals surface area contributed by atoms with Crippen LogP contribution in [0.25, 0.3) is 0 Å². The molecule has 0 spiro atoms. The normalized spacial score (nSPS) is 12.7. The average Bonchev–Trinajstić information content (AvgIpc) is 2.41. The van der Waals surface area contributed by atoms with E-state index in [1.807, 2.05) is 0 Å². The molecule has 0 saturated heterocycles. The van der Waals surface area contributed by atoms with E-state index >= 15 is 0 Å². The minimum atomic E-state index is -5.11. The van der Waals surface area contributed by atoms with Gasteiger partial charge in [0, 0.05) is 13.1 Å². The molecule has 1 aromatic carbocycles. The van der Waals surface area contributed by atoms with Crippen molar-refractivity contribution in [1.29, 1.82) is 0 Å². The number of halogens is 6. The maximum absolute atomic E-state index is 12.9. The zero-order chi connectivity index (χ0) is 17.8. The van der Waals surface area contributed by atoms with E-state index in [1.54, 1.807) is 13.0 Å². The molecule has 0 unspecified atom stereocenters. The van der Waals surface area contributed by atoms with Crippen molar-refractivity contribution in [3.05, 3.63) is 48.1 Å². The number of allylic oxidation sites excluding steroid dienone is 1. The van der Waals surface area contributed by atoms with Crippen molar-refractivity contribution in [2.24, 2.45) is 0 Å². The highest BCUT2D eigenvalue weighted by Crippen LogP contribution is 2.45. The summed E-state index contributed by atoms with van der Waals surface area (Å²) in [5, 5.41) is 9.82. The lowest BCUT2D eigenvalue weighted by Gasteiger charge is -2.25. The molecular formula is C15H15F6NO. The third-order valence-electron chi connectivity index (χ3n) is 2.97. The molecule has 1 rings (SSSR count). The number of alkyl halides is 6. The van der Waals surface area contributed by atoms with E-state index in [2.05, 4.69) is 6.58 Å². The number of phenolic OH excluding ortho intramolecular Hbond substituents is 1. The van der Waals surface area contributed by atoms with Crippen LogP contribution in [0, 0.1) is 0 Å². The van der Waals surface area contributed by atoms with Gasteiger partial charge in [0.25, 0.3) is 0 Å². The van der Waals surface area contributed by atoms with E-state index in [4.69, 9.17) is 0 Å². The summed E-state index contributed by atoms with van der Waals surface area (Å²) in [4.78, 5) is 1.16. The second-order valence-electron chi connectivity index (χ2n) is 4.65. The fraction of sp³-hybridized carbons (Fsp3) is 0.333. The Bertz CT molecular complexity index is 589. The largest absolute Gasteiger partial charge is 0.505 e. The second-order valence-corrected chi connectivity index (χ2v) is 4.65. The molecule has 0 aliphatic carbocycles. The van der Waals surface area contributed by atoms with E-state index in [0.29, 0.717) is 6.07 Å². The zero-order valence-electron chi connectivity index (χ0n) is 12.2. The highest BCUT2D eigenvalue weighted by Gasteiger charge is 2.40. The van der Waals surface area contributed by atoms with Gasteiger partial charge in [-0.05, 0) is 19.1 Å². The molecule has 0 radical (unpaired) electrons. The Hall–Kier alpha value is -2.12. The van der Waals surface area contributed by atoms with Crippen LogP contribution in [-0.4, -0.2) is 18.2 Å². The molecule has 1 N–H and O–H groups in total. The Morgan fingerprint density at radius 1 is 1.09 bits per heavy atom. The van der Waals surface area contributed by atoms with Gasteiger partial charge in [0.05, 0.1) is 16.8 Å². The van der Waals surface area contributed by atoms with Crippen molar-refractivity contribution in [2.45, 2.75) is 19.3 Å². The molecule has 128 valence electrons. The zero-order valence-corrected chi connectivity index (χ0v) is 12.2. The minimum absolute atomic E-state index is 0.0225. The maximum Gasteiger partial charge on any atom is 0.420 e. The van der Waals surface area contributed by atoms with Crippen LogP contribution in [0.4, 0.5) is 32.0 Å². The highest BCUT2D eigenvalue weighted by atomic mass is 19.4. The third-order valence-corrected chi connectivity index (χ3v) is 2.97. The molecule has 0 aliphatic heterocycles. The van der Waals surface area contributed by atoms with Crippen LogP contribution in [-0.2, 0) is 12.4 Å². The Morgan fingerprint density at radius 2 is 1.70 bits per heavy atom. The van der Waals surface area contributed by atoms with Gasteiger partial charge in [0.15, 0.2) is 5.75 Å². The Kier molecular flexibility index (Phi) is 5.74.